The molecule has 0 radical (unpaired) electrons. The Morgan fingerprint density at radius 1 is 1.09 bits per heavy atom. The molecule has 1 aromatic carbocycles. The van der Waals surface area contributed by atoms with E-state index >= 15 is 0 Å². The first-order valence-electron chi connectivity index (χ1n) is 14.0. The van der Waals surface area contributed by atoms with E-state index in [9.17, 15) is 49.8 Å². The van der Waals surface area contributed by atoms with E-state index in [1.165, 1.54) is 18.2 Å². The smallest absolute Gasteiger partial charge is 0.426 e. The number of alkyl halides is 8. The molecule has 2 amide bonds. The van der Waals surface area contributed by atoms with E-state index in [-0.39, 0.29) is 70.6 Å². The summed E-state index contributed by atoms with van der Waals surface area (Å²) in [4.78, 5) is 33.5. The SMILES string of the molecule is CC(O)(C(=O)NCc1ccc(Cl)c(NC2=Nc3nc(OCC(F)F)c(C(=O)NC4CCC(C(F)(F)F)CC4)cc3C2)c1Cl)C(F)(F)F. The molecule has 9 nitrogen and oxygen atoms in total. The number of nitrogens with zero attached hydrogens (tertiary/aromatic N) is 2. The summed E-state index contributed by atoms with van der Waals surface area (Å²) >= 11 is 12.7. The predicted octanol–water partition coefficient (Wildman–Crippen LogP) is 6.51. The number of amides is 2. The van der Waals surface area contributed by atoms with Crippen molar-refractivity contribution in [2.24, 2.45) is 10.9 Å². The lowest BCUT2D eigenvalue weighted by Crippen LogP contribution is -2.54. The first kappa shape index (κ1) is 36.4. The Hall–Kier alpha value is -3.44. The number of ether oxygens (including phenoxy) is 1. The first-order valence-corrected chi connectivity index (χ1v) is 14.7. The van der Waals surface area contributed by atoms with Gasteiger partial charge in [0.1, 0.15) is 11.4 Å². The van der Waals surface area contributed by atoms with Gasteiger partial charge in [0.15, 0.2) is 12.4 Å². The molecule has 0 bridgehead atoms. The number of benzene rings is 1. The zero-order chi connectivity index (χ0) is 34.9. The molecule has 47 heavy (non-hydrogen) atoms. The van der Waals surface area contributed by atoms with Crippen LogP contribution in [-0.2, 0) is 17.8 Å². The molecule has 1 fully saturated rings. The fourth-order valence-electron chi connectivity index (χ4n) is 4.89. The maximum Gasteiger partial charge on any atom is 0.426 e. The van der Waals surface area contributed by atoms with E-state index in [1.807, 2.05) is 5.32 Å². The average Bonchev–Trinajstić information content (AvgIpc) is 3.37. The Bertz CT molecular complexity index is 1540. The molecular weight excluding hydrogens is 693 g/mol. The Morgan fingerprint density at radius 3 is 2.34 bits per heavy atom. The van der Waals surface area contributed by atoms with Gasteiger partial charge in [0.05, 0.1) is 21.7 Å². The lowest BCUT2D eigenvalue weighted by Gasteiger charge is -2.30. The van der Waals surface area contributed by atoms with E-state index in [0.717, 1.165) is 0 Å². The van der Waals surface area contributed by atoms with Gasteiger partial charge in [-0.1, -0.05) is 29.3 Å². The van der Waals surface area contributed by atoms with Gasteiger partial charge in [-0.2, -0.15) is 31.3 Å². The van der Waals surface area contributed by atoms with Crippen molar-refractivity contribution in [2.45, 2.75) is 76.0 Å². The minimum atomic E-state index is -5.24. The maximum atomic E-state index is 13.1. The number of aliphatic imine (C=N–C) groups is 1. The van der Waals surface area contributed by atoms with Crippen molar-refractivity contribution in [1.82, 2.24) is 15.6 Å². The molecule has 2 aromatic rings. The van der Waals surface area contributed by atoms with Crippen molar-refractivity contribution in [3.8, 4) is 5.88 Å². The van der Waals surface area contributed by atoms with Crippen LogP contribution in [0.2, 0.25) is 10.0 Å². The van der Waals surface area contributed by atoms with Gasteiger partial charge in [-0.3, -0.25) is 9.59 Å². The molecular formula is C28H27Cl2F8N5O4. The summed E-state index contributed by atoms with van der Waals surface area (Å²) < 4.78 is 109. The molecule has 4 rings (SSSR count). The van der Waals surface area contributed by atoms with Crippen LogP contribution in [0.25, 0.3) is 0 Å². The second kappa shape index (κ2) is 14.0. The van der Waals surface area contributed by atoms with Gasteiger partial charge >= 0.3 is 12.4 Å². The molecule has 2 aliphatic rings. The second-order valence-corrected chi connectivity index (χ2v) is 11.9. The quantitative estimate of drug-likeness (QED) is 0.219. The fraction of sp³-hybridized carbons (Fsp3) is 0.500. The van der Waals surface area contributed by atoms with Gasteiger partial charge in [-0.15, -0.1) is 0 Å². The van der Waals surface area contributed by atoms with Crippen LogP contribution in [-0.4, -0.2) is 64.8 Å². The van der Waals surface area contributed by atoms with Crippen molar-refractivity contribution in [3.63, 3.8) is 0 Å². The lowest BCUT2D eigenvalue weighted by molar-refractivity contribution is -0.245. The first-order chi connectivity index (χ1) is 21.8. The minimum absolute atomic E-state index is 0.0101. The van der Waals surface area contributed by atoms with Crippen LogP contribution >= 0.6 is 23.2 Å². The highest BCUT2D eigenvalue weighted by Gasteiger charge is 2.55. The lowest BCUT2D eigenvalue weighted by atomic mass is 9.85. The van der Waals surface area contributed by atoms with Crippen molar-refractivity contribution >= 4 is 52.4 Å². The van der Waals surface area contributed by atoms with E-state index in [1.54, 1.807) is 0 Å². The number of amidine groups is 1. The molecule has 1 saturated carbocycles. The van der Waals surface area contributed by atoms with Crippen molar-refractivity contribution in [3.05, 3.63) is 44.9 Å². The van der Waals surface area contributed by atoms with Gasteiger partial charge in [0.2, 0.25) is 11.5 Å². The average molecular weight is 720 g/mol. The highest BCUT2D eigenvalue weighted by Crippen LogP contribution is 2.39. The number of carbonyl (C=O) groups excluding carboxylic acids is 2. The number of aromatic nitrogens is 1. The van der Waals surface area contributed by atoms with E-state index in [2.05, 4.69) is 20.6 Å². The number of pyridine rings is 1. The number of hydrogen-bond donors (Lipinski definition) is 4. The summed E-state index contributed by atoms with van der Waals surface area (Å²) in [6, 6.07) is 3.38. The number of carbonyl (C=O) groups is 2. The summed E-state index contributed by atoms with van der Waals surface area (Å²) in [6.07, 6.45) is -12.8. The third kappa shape index (κ3) is 8.54. The number of fused-ring (bicyclic) bond motifs is 1. The van der Waals surface area contributed by atoms with Gasteiger partial charge in [-0.05, 0) is 50.3 Å². The molecule has 1 atom stereocenters. The molecule has 19 heteroatoms. The summed E-state index contributed by atoms with van der Waals surface area (Å²) in [5, 5.41) is 16.9. The Labute approximate surface area is 272 Å². The highest BCUT2D eigenvalue weighted by molar-refractivity contribution is 6.40. The summed E-state index contributed by atoms with van der Waals surface area (Å²) in [7, 11) is 0. The maximum absolute atomic E-state index is 13.1. The largest absolute Gasteiger partial charge is 0.471 e. The third-order valence-corrected chi connectivity index (χ3v) is 8.38. The van der Waals surface area contributed by atoms with Gasteiger partial charge in [0, 0.05) is 24.6 Å². The van der Waals surface area contributed by atoms with Crippen molar-refractivity contribution in [2.75, 3.05) is 11.9 Å². The predicted molar refractivity (Wildman–Crippen MR) is 154 cm³/mol. The normalized spacial score (nSPS) is 19.5. The summed E-state index contributed by atoms with van der Waals surface area (Å²) in [5.74, 6) is -4.31. The highest BCUT2D eigenvalue weighted by atomic mass is 35.5. The number of aliphatic hydroxyl groups is 1. The molecule has 4 N–H and O–H groups in total. The number of hydrogen-bond acceptors (Lipinski definition) is 7. The van der Waals surface area contributed by atoms with Crippen LogP contribution in [0.3, 0.4) is 0 Å². The summed E-state index contributed by atoms with van der Waals surface area (Å²) in [5.41, 5.74) is -3.40. The minimum Gasteiger partial charge on any atom is -0.471 e. The fourth-order valence-corrected chi connectivity index (χ4v) is 5.42. The number of rotatable bonds is 9. The topological polar surface area (TPSA) is 125 Å². The van der Waals surface area contributed by atoms with Crippen LogP contribution in [0.15, 0.2) is 23.2 Å². The van der Waals surface area contributed by atoms with E-state index < -0.39 is 67.2 Å². The zero-order valence-electron chi connectivity index (χ0n) is 24.3. The second-order valence-electron chi connectivity index (χ2n) is 11.1. The number of nitrogens with one attached hydrogen (secondary N) is 3. The van der Waals surface area contributed by atoms with Crippen molar-refractivity contribution < 1.29 is 54.6 Å². The van der Waals surface area contributed by atoms with Crippen LogP contribution in [0.4, 0.5) is 46.6 Å². The Balaban J connectivity index is 1.50. The summed E-state index contributed by atoms with van der Waals surface area (Å²) in [6.45, 7) is -1.33. The van der Waals surface area contributed by atoms with E-state index in [4.69, 9.17) is 27.9 Å². The zero-order valence-corrected chi connectivity index (χ0v) is 25.8. The van der Waals surface area contributed by atoms with Crippen molar-refractivity contribution in [1.29, 1.82) is 0 Å². The molecule has 258 valence electrons. The molecule has 1 aliphatic heterocycles. The standard InChI is InChI=1S/C28H27Cl2F8N5O4/c1-26(46,28(36,37)38)25(45)39-10-12-2-7-17(29)21(20(12)30)41-19-9-13-8-16(24(43-22(13)42-19)47-11-18(31)32)23(44)40-15-5-3-14(4-6-15)27(33,34)35/h2,7-8,14-15,18,46H,3-6,9-11H2,1H3,(H,39,45)(H,40,44)(H,41,42,43). The molecule has 1 unspecified atom stereocenters. The Morgan fingerprint density at radius 2 is 1.74 bits per heavy atom. The number of halogens is 10. The van der Waals surface area contributed by atoms with Gasteiger partial charge in [-0.25, -0.2) is 13.8 Å². The molecule has 1 aromatic heterocycles. The molecule has 0 spiro atoms. The van der Waals surface area contributed by atoms with Gasteiger partial charge in [0.25, 0.3) is 18.2 Å². The molecule has 2 heterocycles. The van der Waals surface area contributed by atoms with Gasteiger partial charge < -0.3 is 25.8 Å². The number of anilines is 1. The van der Waals surface area contributed by atoms with Crippen LogP contribution in [0, 0.1) is 5.92 Å². The van der Waals surface area contributed by atoms with E-state index in [0.29, 0.717) is 12.5 Å². The monoisotopic (exact) mass is 719 g/mol. The van der Waals surface area contributed by atoms with Crippen LogP contribution in [0.1, 0.15) is 54.1 Å². The van der Waals surface area contributed by atoms with Crippen LogP contribution in [0.5, 0.6) is 5.88 Å². The third-order valence-electron chi connectivity index (χ3n) is 7.63. The van der Waals surface area contributed by atoms with Crippen LogP contribution < -0.4 is 20.7 Å². The molecule has 1 aliphatic carbocycles. The molecule has 0 saturated heterocycles. The Kier molecular flexibility index (Phi) is 10.8.